The second-order valence-electron chi connectivity index (χ2n) is 7.38. The second-order valence-corrected chi connectivity index (χ2v) is 7.38. The summed E-state index contributed by atoms with van der Waals surface area (Å²) in [5.41, 5.74) is 11.2. The fraction of sp³-hybridized carbons (Fsp3) is 0.778. The molecule has 0 aliphatic rings. The van der Waals surface area contributed by atoms with Gasteiger partial charge >= 0.3 is 5.97 Å². The summed E-state index contributed by atoms with van der Waals surface area (Å²) in [5, 5.41) is 16.6. The predicted molar refractivity (Wildman–Crippen MR) is 105 cm³/mol. The molecular formula is C18H35N5O5. The topological polar surface area (TPSA) is 177 Å². The van der Waals surface area contributed by atoms with E-state index in [0.29, 0.717) is 25.8 Å². The number of hydrogen-bond acceptors (Lipinski definition) is 6. The van der Waals surface area contributed by atoms with Gasteiger partial charge in [-0.2, -0.15) is 0 Å². The molecule has 162 valence electrons. The van der Waals surface area contributed by atoms with E-state index in [-0.39, 0.29) is 12.3 Å². The second kappa shape index (κ2) is 13.1. The first-order valence-corrected chi connectivity index (χ1v) is 9.59. The first kappa shape index (κ1) is 25.8. The first-order chi connectivity index (χ1) is 13.0. The highest BCUT2D eigenvalue weighted by atomic mass is 16.4. The van der Waals surface area contributed by atoms with Crippen molar-refractivity contribution in [3.63, 3.8) is 0 Å². The van der Waals surface area contributed by atoms with Crippen molar-refractivity contribution < 1.29 is 24.3 Å². The van der Waals surface area contributed by atoms with Crippen molar-refractivity contribution >= 4 is 23.7 Å². The normalized spacial score (nSPS) is 15.2. The number of rotatable bonds is 13. The molecule has 0 aliphatic heterocycles. The van der Waals surface area contributed by atoms with E-state index in [4.69, 9.17) is 11.5 Å². The molecule has 3 amide bonds. The van der Waals surface area contributed by atoms with E-state index in [1.807, 2.05) is 13.8 Å². The highest BCUT2D eigenvalue weighted by molar-refractivity contribution is 5.93. The van der Waals surface area contributed by atoms with E-state index < -0.39 is 47.9 Å². The Morgan fingerprint density at radius 2 is 1.36 bits per heavy atom. The fourth-order valence-electron chi connectivity index (χ4n) is 2.45. The summed E-state index contributed by atoms with van der Waals surface area (Å²) in [6, 6.07) is -3.63. The summed E-state index contributed by atoms with van der Waals surface area (Å²) in [6.45, 7) is 7.23. The maximum absolute atomic E-state index is 12.2. The minimum atomic E-state index is -1.15. The quantitative estimate of drug-likeness (QED) is 0.216. The maximum Gasteiger partial charge on any atom is 0.326 e. The number of carbonyl (C=O) groups is 4. The third-order valence-electron chi connectivity index (χ3n) is 4.13. The Kier molecular flexibility index (Phi) is 12.0. The van der Waals surface area contributed by atoms with Gasteiger partial charge in [-0.15, -0.1) is 0 Å². The molecule has 0 unspecified atom stereocenters. The van der Waals surface area contributed by atoms with Crippen molar-refractivity contribution in [3.8, 4) is 0 Å². The molecule has 0 saturated carbocycles. The van der Waals surface area contributed by atoms with Gasteiger partial charge in [-0.25, -0.2) is 4.79 Å². The van der Waals surface area contributed by atoms with Crippen molar-refractivity contribution in [2.45, 2.75) is 77.5 Å². The summed E-state index contributed by atoms with van der Waals surface area (Å²) >= 11 is 0. The zero-order valence-corrected chi connectivity index (χ0v) is 17.2. The number of carbonyl (C=O) groups excluding carboxylic acids is 3. The molecule has 0 aromatic rings. The van der Waals surface area contributed by atoms with Gasteiger partial charge in [0.15, 0.2) is 0 Å². The van der Waals surface area contributed by atoms with Gasteiger partial charge in [0.2, 0.25) is 17.7 Å². The molecule has 10 heteroatoms. The SMILES string of the molecule is CC(C)C[C@H](N)C(=O)N[C@@H](C)C(=O)N[C@@H](C)C(=O)N[C@@H](CCCCN)C(=O)O. The van der Waals surface area contributed by atoms with Crippen LogP contribution in [0.5, 0.6) is 0 Å². The lowest BCUT2D eigenvalue weighted by atomic mass is 10.0. The van der Waals surface area contributed by atoms with Crippen LogP contribution in [-0.4, -0.2) is 59.5 Å². The summed E-state index contributed by atoms with van der Waals surface area (Å²) in [7, 11) is 0. The van der Waals surface area contributed by atoms with Crippen LogP contribution in [0.4, 0.5) is 0 Å². The molecule has 4 atom stereocenters. The Morgan fingerprint density at radius 1 is 0.857 bits per heavy atom. The van der Waals surface area contributed by atoms with Gasteiger partial charge in [0.05, 0.1) is 6.04 Å². The van der Waals surface area contributed by atoms with E-state index >= 15 is 0 Å². The third kappa shape index (κ3) is 10.2. The molecular weight excluding hydrogens is 366 g/mol. The number of aliphatic carboxylic acids is 1. The molecule has 0 spiro atoms. The molecule has 0 aromatic carbocycles. The summed E-state index contributed by atoms with van der Waals surface area (Å²) in [4.78, 5) is 47.6. The Morgan fingerprint density at radius 3 is 1.82 bits per heavy atom. The standard InChI is InChI=1S/C18H35N5O5/c1-10(2)9-13(20)17(26)22-11(3)15(24)21-12(4)16(25)23-14(18(27)28)7-5-6-8-19/h10-14H,5-9,19-20H2,1-4H3,(H,21,24)(H,22,26)(H,23,25)(H,27,28)/t11-,12-,13-,14-/m0/s1. The Bertz CT molecular complexity index is 540. The average Bonchev–Trinajstić information content (AvgIpc) is 2.59. The van der Waals surface area contributed by atoms with Crippen molar-refractivity contribution in [1.29, 1.82) is 0 Å². The van der Waals surface area contributed by atoms with Crippen LogP contribution in [0, 0.1) is 5.92 Å². The zero-order valence-electron chi connectivity index (χ0n) is 17.2. The molecule has 0 radical (unpaired) electrons. The van der Waals surface area contributed by atoms with E-state index in [1.54, 1.807) is 0 Å². The minimum absolute atomic E-state index is 0.237. The Balaban J connectivity index is 4.58. The molecule has 0 heterocycles. The highest BCUT2D eigenvalue weighted by Crippen LogP contribution is 2.03. The van der Waals surface area contributed by atoms with E-state index in [0.717, 1.165) is 0 Å². The summed E-state index contributed by atoms with van der Waals surface area (Å²) < 4.78 is 0. The number of hydrogen-bond donors (Lipinski definition) is 6. The molecule has 0 saturated heterocycles. The number of amides is 3. The summed E-state index contributed by atoms with van der Waals surface area (Å²) in [6.07, 6.45) is 1.95. The van der Waals surface area contributed by atoms with Gasteiger partial charge in [-0.3, -0.25) is 14.4 Å². The minimum Gasteiger partial charge on any atom is -0.480 e. The molecule has 10 nitrogen and oxygen atoms in total. The Hall–Kier alpha value is -2.20. The lowest BCUT2D eigenvalue weighted by molar-refractivity contribution is -0.142. The largest absolute Gasteiger partial charge is 0.480 e. The number of nitrogens with one attached hydrogen (secondary N) is 3. The van der Waals surface area contributed by atoms with Gasteiger partial charge in [0.25, 0.3) is 0 Å². The molecule has 0 fully saturated rings. The molecule has 28 heavy (non-hydrogen) atoms. The molecule has 0 aromatic heterocycles. The predicted octanol–water partition coefficient (Wildman–Crippen LogP) is -0.932. The van der Waals surface area contributed by atoms with Gasteiger partial charge < -0.3 is 32.5 Å². The summed E-state index contributed by atoms with van der Waals surface area (Å²) in [5.74, 6) is -2.55. The van der Waals surface area contributed by atoms with E-state index in [9.17, 15) is 24.3 Å². The maximum atomic E-state index is 12.2. The van der Waals surface area contributed by atoms with Gasteiger partial charge in [0.1, 0.15) is 18.1 Å². The highest BCUT2D eigenvalue weighted by Gasteiger charge is 2.26. The van der Waals surface area contributed by atoms with Crippen LogP contribution < -0.4 is 27.4 Å². The number of carboxylic acids is 1. The lowest BCUT2D eigenvalue weighted by Gasteiger charge is -2.22. The Labute approximate surface area is 166 Å². The average molecular weight is 402 g/mol. The van der Waals surface area contributed by atoms with Crippen molar-refractivity contribution in [1.82, 2.24) is 16.0 Å². The van der Waals surface area contributed by atoms with E-state index in [2.05, 4.69) is 16.0 Å². The van der Waals surface area contributed by atoms with Crippen LogP contribution >= 0.6 is 0 Å². The monoisotopic (exact) mass is 401 g/mol. The van der Waals surface area contributed by atoms with Crippen molar-refractivity contribution in [2.24, 2.45) is 17.4 Å². The van der Waals surface area contributed by atoms with Crippen LogP contribution in [0.3, 0.4) is 0 Å². The third-order valence-corrected chi connectivity index (χ3v) is 4.13. The van der Waals surface area contributed by atoms with E-state index in [1.165, 1.54) is 13.8 Å². The number of unbranched alkanes of at least 4 members (excludes halogenated alkanes) is 1. The lowest BCUT2D eigenvalue weighted by Crippen LogP contribution is -2.55. The van der Waals surface area contributed by atoms with Gasteiger partial charge in [0, 0.05) is 0 Å². The van der Waals surface area contributed by atoms with Crippen LogP contribution in [0.25, 0.3) is 0 Å². The van der Waals surface area contributed by atoms with Crippen molar-refractivity contribution in [3.05, 3.63) is 0 Å². The van der Waals surface area contributed by atoms with Gasteiger partial charge in [-0.05, 0) is 52.0 Å². The smallest absolute Gasteiger partial charge is 0.326 e. The molecule has 0 bridgehead atoms. The number of carboxylic acid groups (broad SMARTS) is 1. The van der Waals surface area contributed by atoms with Crippen LogP contribution in [-0.2, 0) is 19.2 Å². The molecule has 0 rings (SSSR count). The molecule has 0 aliphatic carbocycles. The van der Waals surface area contributed by atoms with Crippen molar-refractivity contribution in [2.75, 3.05) is 6.54 Å². The first-order valence-electron chi connectivity index (χ1n) is 9.59. The fourth-order valence-corrected chi connectivity index (χ4v) is 2.45. The van der Waals surface area contributed by atoms with Gasteiger partial charge in [-0.1, -0.05) is 13.8 Å². The molecule has 8 N–H and O–H groups in total. The van der Waals surface area contributed by atoms with Crippen LogP contribution in [0.15, 0.2) is 0 Å². The van der Waals surface area contributed by atoms with Crippen LogP contribution in [0.1, 0.15) is 53.4 Å². The van der Waals surface area contributed by atoms with Crippen LogP contribution in [0.2, 0.25) is 0 Å². The zero-order chi connectivity index (χ0) is 21.9. The number of nitrogens with two attached hydrogens (primary N) is 2.